The molecular formula is C28H45FN2O3. The zero-order chi connectivity index (χ0) is 26.1. The van der Waals surface area contributed by atoms with Crippen molar-refractivity contribution in [1.29, 1.82) is 0 Å². The highest BCUT2D eigenvalue weighted by molar-refractivity contribution is 5.67. The van der Waals surface area contributed by atoms with Crippen molar-refractivity contribution in [3.8, 4) is 0 Å². The number of nitrogens with zero attached hydrogens (tertiary/aromatic N) is 1. The summed E-state index contributed by atoms with van der Waals surface area (Å²) in [4.78, 5) is 12.9. The minimum absolute atomic E-state index is 0.0429. The monoisotopic (exact) mass is 476 g/mol. The van der Waals surface area contributed by atoms with Gasteiger partial charge in [-0.2, -0.15) is 0 Å². The van der Waals surface area contributed by atoms with Crippen LogP contribution in [0.15, 0.2) is 70.8 Å². The van der Waals surface area contributed by atoms with Crippen LogP contribution in [0, 0.1) is 0 Å². The zero-order valence-corrected chi connectivity index (χ0v) is 22.0. The molecule has 0 aromatic carbocycles. The molecule has 0 aromatic heterocycles. The molecule has 0 saturated heterocycles. The van der Waals surface area contributed by atoms with Crippen LogP contribution < -0.4 is 5.54 Å². The van der Waals surface area contributed by atoms with Gasteiger partial charge >= 0.3 is 5.97 Å². The minimum Gasteiger partial charge on any atom is -0.508 e. The molecule has 0 aromatic rings. The summed E-state index contributed by atoms with van der Waals surface area (Å²) in [5, 5.41) is 18.9. The molecule has 3 N–H and O–H groups in total. The van der Waals surface area contributed by atoms with E-state index in [4.69, 9.17) is 5.11 Å². The summed E-state index contributed by atoms with van der Waals surface area (Å²) in [6, 6.07) is -0.0601. The molecule has 2 rings (SSSR count). The van der Waals surface area contributed by atoms with Crippen molar-refractivity contribution in [3.63, 3.8) is 0 Å². The number of nitrogens with one attached hydrogen (secondary N) is 1. The Labute approximate surface area is 206 Å². The number of carboxylic acids is 1. The lowest BCUT2D eigenvalue weighted by atomic mass is 9.99. The van der Waals surface area contributed by atoms with E-state index in [0.29, 0.717) is 30.8 Å². The van der Waals surface area contributed by atoms with Crippen LogP contribution in [0.1, 0.15) is 86.5 Å². The Kier molecular flexibility index (Phi) is 16.2. The van der Waals surface area contributed by atoms with Crippen LogP contribution in [-0.2, 0) is 4.79 Å². The van der Waals surface area contributed by atoms with Crippen molar-refractivity contribution in [3.05, 3.63) is 70.8 Å². The zero-order valence-electron chi connectivity index (χ0n) is 22.0. The average Bonchev–Trinajstić information content (AvgIpc) is 2.78. The molecule has 1 aliphatic heterocycles. The first-order chi connectivity index (χ1) is 16.2. The second-order valence-electron chi connectivity index (χ2n) is 8.45. The molecule has 1 unspecified atom stereocenters. The number of hydrogen-bond acceptors (Lipinski definition) is 4. The van der Waals surface area contributed by atoms with Gasteiger partial charge < -0.3 is 15.1 Å². The Hall–Kier alpha value is -2.76. The molecule has 1 atom stereocenters. The van der Waals surface area contributed by atoms with Gasteiger partial charge in [0.25, 0.3) is 0 Å². The van der Waals surface area contributed by atoms with E-state index in [1.807, 2.05) is 57.7 Å². The van der Waals surface area contributed by atoms with Crippen LogP contribution in [0.3, 0.4) is 0 Å². The molecule has 0 spiro atoms. The summed E-state index contributed by atoms with van der Waals surface area (Å²) < 4.78 is 13.2. The SMILES string of the molecule is C1CCC1.C=C/C(O)=C\C(=C(/C)NF)N1CC/C(C)=C/C(CCC(=O)O)=C\C=C(/C)C1C.CC. The largest absolute Gasteiger partial charge is 0.508 e. The molecule has 2 aliphatic rings. The van der Waals surface area contributed by atoms with Crippen molar-refractivity contribution < 1.29 is 19.5 Å². The van der Waals surface area contributed by atoms with Gasteiger partial charge in [0.05, 0.1) is 11.4 Å². The Bertz CT molecular complexity index is 798. The lowest BCUT2D eigenvalue weighted by Crippen LogP contribution is -2.35. The quantitative estimate of drug-likeness (QED) is 0.200. The Morgan fingerprint density at radius 3 is 2.26 bits per heavy atom. The van der Waals surface area contributed by atoms with E-state index in [1.165, 1.54) is 37.8 Å². The number of aliphatic hydroxyl groups is 1. The third-order valence-corrected chi connectivity index (χ3v) is 5.82. The predicted octanol–water partition coefficient (Wildman–Crippen LogP) is 7.68. The fourth-order valence-electron chi connectivity index (χ4n) is 3.19. The van der Waals surface area contributed by atoms with E-state index in [9.17, 15) is 14.4 Å². The van der Waals surface area contributed by atoms with Crippen molar-refractivity contribution in [2.75, 3.05) is 6.54 Å². The van der Waals surface area contributed by atoms with Crippen LogP contribution >= 0.6 is 0 Å². The molecule has 5 nitrogen and oxygen atoms in total. The van der Waals surface area contributed by atoms with Gasteiger partial charge in [0.1, 0.15) is 5.76 Å². The molecule has 1 saturated carbocycles. The van der Waals surface area contributed by atoms with Gasteiger partial charge in [-0.1, -0.05) is 75.5 Å². The first kappa shape index (κ1) is 31.2. The lowest BCUT2D eigenvalue weighted by molar-refractivity contribution is -0.136. The van der Waals surface area contributed by atoms with Crippen molar-refractivity contribution >= 4 is 5.97 Å². The van der Waals surface area contributed by atoms with E-state index in [1.54, 1.807) is 12.5 Å². The van der Waals surface area contributed by atoms with Crippen molar-refractivity contribution in [2.24, 2.45) is 0 Å². The number of allylic oxidation sites excluding steroid dienone is 7. The average molecular weight is 477 g/mol. The van der Waals surface area contributed by atoms with Gasteiger partial charge in [-0.15, -0.1) is 4.48 Å². The number of hydrogen-bond donors (Lipinski definition) is 3. The van der Waals surface area contributed by atoms with Crippen molar-refractivity contribution in [1.82, 2.24) is 10.4 Å². The van der Waals surface area contributed by atoms with Crippen LogP contribution in [-0.4, -0.2) is 33.7 Å². The third-order valence-electron chi connectivity index (χ3n) is 5.82. The molecule has 0 amide bonds. The first-order valence-electron chi connectivity index (χ1n) is 12.3. The van der Waals surface area contributed by atoms with Crippen LogP contribution in [0.5, 0.6) is 0 Å². The topological polar surface area (TPSA) is 72.8 Å². The Morgan fingerprint density at radius 2 is 1.79 bits per heavy atom. The maximum absolute atomic E-state index is 13.2. The van der Waals surface area contributed by atoms with Crippen LogP contribution in [0.2, 0.25) is 0 Å². The number of carbonyl (C=O) groups is 1. The minimum atomic E-state index is -0.818. The molecule has 34 heavy (non-hydrogen) atoms. The molecular weight excluding hydrogens is 431 g/mol. The van der Waals surface area contributed by atoms with Crippen LogP contribution in [0.25, 0.3) is 0 Å². The van der Waals surface area contributed by atoms with Gasteiger partial charge in [-0.05, 0) is 52.2 Å². The normalized spacial score (nSPS) is 23.9. The number of carboxylic acid groups (broad SMARTS) is 1. The maximum Gasteiger partial charge on any atom is 0.303 e. The smallest absolute Gasteiger partial charge is 0.303 e. The fraction of sp³-hybridized carbons (Fsp3) is 0.536. The standard InChI is InChI=1S/C22H31FN2O3.C4H8.C2H6/c1-6-20(26)14-21(17(4)24-23)25-12-11-15(2)13-19(9-10-22(27)28)8-7-16(3)18(25)5;1-2-4-3-1;1-2/h6-8,13-14,18,24,26H,1,9-12H2,2-5H3,(H,27,28);1-4H2;1-2H3/b15-13+,16-7+,19-8-,20-14+,21-17-;;. The Morgan fingerprint density at radius 1 is 1.21 bits per heavy atom. The molecule has 0 bridgehead atoms. The molecule has 192 valence electrons. The maximum atomic E-state index is 13.2. The van der Waals surface area contributed by atoms with Gasteiger partial charge in [0.15, 0.2) is 0 Å². The van der Waals surface area contributed by atoms with E-state index in [-0.39, 0.29) is 18.2 Å². The van der Waals surface area contributed by atoms with E-state index < -0.39 is 5.97 Å². The molecule has 1 heterocycles. The van der Waals surface area contributed by atoms with Gasteiger partial charge in [-0.3, -0.25) is 4.79 Å². The Balaban J connectivity index is 0.00000159. The molecule has 6 heteroatoms. The second kappa shape index (κ2) is 17.7. The van der Waals surface area contributed by atoms with E-state index in [0.717, 1.165) is 16.7 Å². The van der Waals surface area contributed by atoms with E-state index >= 15 is 0 Å². The molecule has 0 radical (unpaired) electrons. The summed E-state index contributed by atoms with van der Waals surface area (Å²) >= 11 is 0. The number of halogens is 1. The highest BCUT2D eigenvalue weighted by atomic mass is 19.2. The number of aliphatic hydroxyl groups excluding tert-OH is 1. The highest BCUT2D eigenvalue weighted by Crippen LogP contribution is 2.24. The summed E-state index contributed by atoms with van der Waals surface area (Å²) in [5.41, 5.74) is 5.64. The first-order valence-corrected chi connectivity index (χ1v) is 12.3. The number of rotatable bonds is 7. The van der Waals surface area contributed by atoms with Gasteiger partial charge in [0.2, 0.25) is 0 Å². The number of aliphatic carboxylic acids is 1. The van der Waals surface area contributed by atoms with Gasteiger partial charge in [-0.25, -0.2) is 5.54 Å². The third kappa shape index (κ3) is 11.9. The summed E-state index contributed by atoms with van der Waals surface area (Å²) in [6.07, 6.45) is 16.0. The van der Waals surface area contributed by atoms with Crippen molar-refractivity contribution in [2.45, 2.75) is 92.5 Å². The second-order valence-corrected chi connectivity index (χ2v) is 8.45. The summed E-state index contributed by atoms with van der Waals surface area (Å²) in [5.74, 6) is -0.860. The van der Waals surface area contributed by atoms with Crippen LogP contribution in [0.4, 0.5) is 4.48 Å². The highest BCUT2D eigenvalue weighted by Gasteiger charge is 2.20. The van der Waals surface area contributed by atoms with E-state index in [2.05, 4.69) is 6.58 Å². The fourth-order valence-corrected chi connectivity index (χ4v) is 3.19. The van der Waals surface area contributed by atoms with Gasteiger partial charge in [0, 0.05) is 25.1 Å². The summed E-state index contributed by atoms with van der Waals surface area (Å²) in [7, 11) is 0. The molecule has 1 fully saturated rings. The predicted molar refractivity (Wildman–Crippen MR) is 141 cm³/mol. The molecule has 1 aliphatic carbocycles. The summed E-state index contributed by atoms with van der Waals surface area (Å²) in [6.45, 7) is 15.8. The lowest BCUT2D eigenvalue weighted by Gasteiger charge is -2.34.